The number of sulfonamides is 1. The summed E-state index contributed by atoms with van der Waals surface area (Å²) in [6, 6.07) is 13.7. The second kappa shape index (κ2) is 8.61. The molecular weight excluding hydrogens is 407 g/mol. The smallest absolute Gasteiger partial charge is 0.228 e. The normalized spacial score (nSPS) is 18.2. The molecule has 0 unspecified atom stereocenters. The Hall–Kier alpha value is -1.60. The molecule has 144 valence electrons. The highest BCUT2D eigenvalue weighted by atomic mass is 35.5. The van der Waals surface area contributed by atoms with E-state index >= 15 is 0 Å². The Morgan fingerprint density at radius 2 is 1.81 bits per heavy atom. The van der Waals surface area contributed by atoms with Crippen LogP contribution in [0.15, 0.2) is 48.5 Å². The summed E-state index contributed by atoms with van der Waals surface area (Å²) in [5.74, 6) is -0.729. The molecule has 1 fully saturated rings. The Bertz CT molecular complexity index is 917. The molecule has 27 heavy (non-hydrogen) atoms. The maximum Gasteiger partial charge on any atom is 0.228 e. The lowest BCUT2D eigenvalue weighted by atomic mass is 9.99. The molecular formula is C19H20Cl2N2O3S. The number of benzene rings is 2. The first kappa shape index (κ1) is 20.1. The van der Waals surface area contributed by atoms with Crippen molar-refractivity contribution in [2.24, 2.45) is 5.92 Å². The molecule has 1 heterocycles. The van der Waals surface area contributed by atoms with Crippen molar-refractivity contribution in [3.63, 3.8) is 0 Å². The van der Waals surface area contributed by atoms with Gasteiger partial charge in [-0.1, -0.05) is 47.5 Å². The third-order valence-electron chi connectivity index (χ3n) is 4.54. The van der Waals surface area contributed by atoms with Crippen molar-refractivity contribution in [3.8, 4) is 0 Å². The van der Waals surface area contributed by atoms with E-state index in [0.29, 0.717) is 40.7 Å². The summed E-state index contributed by atoms with van der Waals surface area (Å²) in [6.07, 6.45) is 1.28. The number of carbonyl (C=O) groups excluding carboxylic acids is 1. The predicted octanol–water partition coefficient (Wildman–Crippen LogP) is 4.17. The van der Waals surface area contributed by atoms with Crippen LogP contribution >= 0.6 is 23.2 Å². The third-order valence-corrected chi connectivity index (χ3v) is 6.94. The average molecular weight is 427 g/mol. The molecule has 0 radical (unpaired) electrons. The van der Waals surface area contributed by atoms with E-state index in [4.69, 9.17) is 23.2 Å². The van der Waals surface area contributed by atoms with Crippen LogP contribution in [-0.4, -0.2) is 31.7 Å². The number of halogens is 2. The molecule has 5 nitrogen and oxygen atoms in total. The standard InChI is InChI=1S/C19H20Cl2N2O3S/c20-16-9-7-14(8-10-16)13-27(25,26)23-11-3-4-15(12-23)19(24)22-18-6-2-1-5-17(18)21/h1-2,5-10,15H,3-4,11-13H2,(H,22,24)/t15-/m0/s1. The Labute approximate surface area is 169 Å². The summed E-state index contributed by atoms with van der Waals surface area (Å²) in [5, 5.41) is 3.81. The van der Waals surface area contributed by atoms with Crippen molar-refractivity contribution in [2.75, 3.05) is 18.4 Å². The van der Waals surface area contributed by atoms with Gasteiger partial charge in [0, 0.05) is 18.1 Å². The Morgan fingerprint density at radius 3 is 2.52 bits per heavy atom. The van der Waals surface area contributed by atoms with E-state index in [9.17, 15) is 13.2 Å². The van der Waals surface area contributed by atoms with Gasteiger partial charge in [-0.2, -0.15) is 0 Å². The lowest BCUT2D eigenvalue weighted by Gasteiger charge is -2.31. The van der Waals surface area contributed by atoms with E-state index in [1.165, 1.54) is 4.31 Å². The predicted molar refractivity (Wildman–Crippen MR) is 108 cm³/mol. The van der Waals surface area contributed by atoms with Crippen LogP contribution in [0, 0.1) is 5.92 Å². The second-order valence-corrected chi connectivity index (χ2v) is 9.36. The number of carbonyl (C=O) groups is 1. The van der Waals surface area contributed by atoms with E-state index in [0.717, 1.165) is 0 Å². The number of nitrogens with one attached hydrogen (secondary N) is 1. The third kappa shape index (κ3) is 5.23. The van der Waals surface area contributed by atoms with Crippen LogP contribution < -0.4 is 5.32 Å². The van der Waals surface area contributed by atoms with Crippen LogP contribution in [-0.2, 0) is 20.6 Å². The number of piperidine rings is 1. The van der Waals surface area contributed by atoms with E-state index in [1.807, 2.05) is 0 Å². The molecule has 0 bridgehead atoms. The summed E-state index contributed by atoms with van der Waals surface area (Å²) in [4.78, 5) is 12.6. The molecule has 0 spiro atoms. The van der Waals surface area contributed by atoms with Gasteiger partial charge in [0.2, 0.25) is 15.9 Å². The van der Waals surface area contributed by atoms with Crippen LogP contribution in [0.2, 0.25) is 10.0 Å². The Morgan fingerprint density at radius 1 is 1.11 bits per heavy atom. The van der Waals surface area contributed by atoms with Gasteiger partial charge in [0.25, 0.3) is 0 Å². The largest absolute Gasteiger partial charge is 0.324 e. The van der Waals surface area contributed by atoms with Gasteiger partial charge in [0.1, 0.15) is 0 Å². The highest BCUT2D eigenvalue weighted by molar-refractivity contribution is 7.88. The van der Waals surface area contributed by atoms with Gasteiger partial charge in [0.15, 0.2) is 0 Å². The molecule has 1 aliphatic rings. The van der Waals surface area contributed by atoms with Crippen molar-refractivity contribution in [1.82, 2.24) is 4.31 Å². The number of hydrogen-bond acceptors (Lipinski definition) is 3. The molecule has 1 saturated heterocycles. The van der Waals surface area contributed by atoms with Gasteiger partial charge in [-0.25, -0.2) is 12.7 Å². The minimum atomic E-state index is -3.51. The quantitative estimate of drug-likeness (QED) is 0.779. The maximum atomic E-state index is 12.8. The highest BCUT2D eigenvalue weighted by Crippen LogP contribution is 2.25. The minimum absolute atomic E-state index is 0.108. The minimum Gasteiger partial charge on any atom is -0.324 e. The van der Waals surface area contributed by atoms with Gasteiger partial charge in [-0.05, 0) is 42.7 Å². The molecule has 0 saturated carbocycles. The Balaban J connectivity index is 1.66. The van der Waals surface area contributed by atoms with E-state index in [1.54, 1.807) is 48.5 Å². The molecule has 2 aromatic carbocycles. The van der Waals surface area contributed by atoms with Crippen LogP contribution in [0.25, 0.3) is 0 Å². The van der Waals surface area contributed by atoms with Crippen molar-refractivity contribution < 1.29 is 13.2 Å². The van der Waals surface area contributed by atoms with E-state index in [-0.39, 0.29) is 18.2 Å². The van der Waals surface area contributed by atoms with Gasteiger partial charge in [-0.15, -0.1) is 0 Å². The molecule has 2 aromatic rings. The maximum absolute atomic E-state index is 12.8. The van der Waals surface area contributed by atoms with Crippen molar-refractivity contribution in [2.45, 2.75) is 18.6 Å². The fourth-order valence-electron chi connectivity index (χ4n) is 3.09. The molecule has 1 aliphatic heterocycles. The zero-order chi connectivity index (χ0) is 19.4. The number of nitrogens with zero attached hydrogens (tertiary/aromatic N) is 1. The second-order valence-electron chi connectivity index (χ2n) is 6.55. The number of para-hydroxylation sites is 1. The number of rotatable bonds is 5. The SMILES string of the molecule is O=C(Nc1ccccc1Cl)[C@H]1CCCN(S(=O)(=O)Cc2ccc(Cl)cc2)C1. The average Bonchev–Trinajstić information content (AvgIpc) is 2.65. The summed E-state index contributed by atoms with van der Waals surface area (Å²) in [5.41, 5.74) is 1.20. The lowest BCUT2D eigenvalue weighted by molar-refractivity contribution is -0.120. The lowest BCUT2D eigenvalue weighted by Crippen LogP contribution is -2.44. The van der Waals surface area contributed by atoms with E-state index in [2.05, 4.69) is 5.32 Å². The Kier molecular flexibility index (Phi) is 6.42. The number of amides is 1. The fourth-order valence-corrected chi connectivity index (χ4v) is 5.01. The first-order chi connectivity index (χ1) is 12.8. The van der Waals surface area contributed by atoms with Gasteiger partial charge in [-0.3, -0.25) is 4.79 Å². The monoisotopic (exact) mass is 426 g/mol. The highest BCUT2D eigenvalue weighted by Gasteiger charge is 2.32. The molecule has 0 aliphatic carbocycles. The zero-order valence-corrected chi connectivity index (χ0v) is 16.9. The first-order valence-electron chi connectivity index (χ1n) is 8.63. The summed E-state index contributed by atoms with van der Waals surface area (Å²) in [6.45, 7) is 0.595. The van der Waals surface area contributed by atoms with Gasteiger partial charge in [0.05, 0.1) is 22.4 Å². The molecule has 3 rings (SSSR count). The molecule has 1 amide bonds. The zero-order valence-electron chi connectivity index (χ0n) is 14.6. The molecule has 1 atom stereocenters. The summed E-state index contributed by atoms with van der Waals surface area (Å²) < 4.78 is 26.9. The first-order valence-corrected chi connectivity index (χ1v) is 11.0. The van der Waals surface area contributed by atoms with Crippen LogP contribution in [0.1, 0.15) is 18.4 Å². The summed E-state index contributed by atoms with van der Waals surface area (Å²) in [7, 11) is -3.51. The van der Waals surface area contributed by atoms with E-state index < -0.39 is 15.9 Å². The van der Waals surface area contributed by atoms with Crippen molar-refractivity contribution in [3.05, 3.63) is 64.1 Å². The molecule has 8 heteroatoms. The van der Waals surface area contributed by atoms with Crippen molar-refractivity contribution in [1.29, 1.82) is 0 Å². The fraction of sp³-hybridized carbons (Fsp3) is 0.316. The van der Waals surface area contributed by atoms with Crippen molar-refractivity contribution >= 4 is 44.8 Å². The van der Waals surface area contributed by atoms with Gasteiger partial charge >= 0.3 is 0 Å². The number of hydrogen-bond donors (Lipinski definition) is 1. The summed E-state index contributed by atoms with van der Waals surface area (Å²) >= 11 is 11.9. The molecule has 1 N–H and O–H groups in total. The van der Waals surface area contributed by atoms with Crippen LogP contribution in [0.5, 0.6) is 0 Å². The van der Waals surface area contributed by atoms with Crippen LogP contribution in [0.3, 0.4) is 0 Å². The molecule has 0 aromatic heterocycles. The van der Waals surface area contributed by atoms with Gasteiger partial charge < -0.3 is 5.32 Å². The topological polar surface area (TPSA) is 66.5 Å². The number of anilines is 1. The van der Waals surface area contributed by atoms with Crippen LogP contribution in [0.4, 0.5) is 5.69 Å².